The fraction of sp³-hybridized carbons (Fsp3) is 0.208. The van der Waals surface area contributed by atoms with E-state index in [1.54, 1.807) is 25.1 Å². The third-order valence-corrected chi connectivity index (χ3v) is 5.20. The molecular formula is C24H18F6O2. The SMILES string of the molecule is CCC(C(=O)O)c1ccc(-c2ccc(C(F)(F)F)cc2)c(-c2ccc(C(F)(F)F)cc2)c1. The van der Waals surface area contributed by atoms with Crippen molar-refractivity contribution in [3.63, 3.8) is 0 Å². The van der Waals surface area contributed by atoms with E-state index in [1.807, 2.05) is 0 Å². The van der Waals surface area contributed by atoms with Crippen molar-refractivity contribution in [2.45, 2.75) is 31.6 Å². The zero-order valence-electron chi connectivity index (χ0n) is 16.8. The van der Waals surface area contributed by atoms with Gasteiger partial charge in [-0.1, -0.05) is 43.3 Å². The smallest absolute Gasteiger partial charge is 0.416 e. The second-order valence-corrected chi connectivity index (χ2v) is 7.25. The van der Waals surface area contributed by atoms with E-state index in [2.05, 4.69) is 0 Å². The summed E-state index contributed by atoms with van der Waals surface area (Å²) in [6.07, 6.45) is -8.73. The first-order chi connectivity index (χ1) is 14.9. The zero-order chi connectivity index (χ0) is 23.7. The standard InChI is InChI=1S/C24H18F6O2/c1-2-19(22(31)32)16-7-12-20(14-3-8-17(9-4-14)23(25,26)27)21(13-16)15-5-10-18(11-6-15)24(28,29)30/h3-13,19H,2H2,1H3,(H,31,32). The molecule has 0 spiro atoms. The van der Waals surface area contributed by atoms with Crippen LogP contribution >= 0.6 is 0 Å². The highest BCUT2D eigenvalue weighted by molar-refractivity contribution is 5.86. The average Bonchev–Trinajstić information content (AvgIpc) is 2.73. The van der Waals surface area contributed by atoms with Crippen LogP contribution in [0.15, 0.2) is 66.7 Å². The van der Waals surface area contributed by atoms with E-state index in [-0.39, 0.29) is 0 Å². The predicted molar refractivity (Wildman–Crippen MR) is 108 cm³/mol. The quantitative estimate of drug-likeness (QED) is 0.404. The number of aliphatic carboxylic acids is 1. The Hall–Kier alpha value is -3.29. The Morgan fingerprint density at radius 2 is 1.19 bits per heavy atom. The average molecular weight is 452 g/mol. The fourth-order valence-corrected chi connectivity index (χ4v) is 3.50. The molecule has 32 heavy (non-hydrogen) atoms. The van der Waals surface area contributed by atoms with Crippen LogP contribution in [-0.2, 0) is 17.1 Å². The molecular weight excluding hydrogens is 434 g/mol. The number of halogens is 6. The van der Waals surface area contributed by atoms with E-state index in [0.717, 1.165) is 24.3 Å². The lowest BCUT2D eigenvalue weighted by Gasteiger charge is -2.17. The molecule has 0 saturated heterocycles. The van der Waals surface area contributed by atoms with Gasteiger partial charge < -0.3 is 5.11 Å². The lowest BCUT2D eigenvalue weighted by Crippen LogP contribution is -2.10. The summed E-state index contributed by atoms with van der Waals surface area (Å²) < 4.78 is 77.6. The Kier molecular flexibility index (Phi) is 6.34. The first-order valence-corrected chi connectivity index (χ1v) is 9.64. The monoisotopic (exact) mass is 452 g/mol. The van der Waals surface area contributed by atoms with Crippen molar-refractivity contribution in [3.05, 3.63) is 83.4 Å². The topological polar surface area (TPSA) is 37.3 Å². The normalized spacial score (nSPS) is 13.1. The summed E-state index contributed by atoms with van der Waals surface area (Å²) in [5, 5.41) is 9.48. The second-order valence-electron chi connectivity index (χ2n) is 7.25. The molecule has 3 aromatic rings. The second kappa shape index (κ2) is 8.68. The van der Waals surface area contributed by atoms with Gasteiger partial charge in [0.15, 0.2) is 0 Å². The summed E-state index contributed by atoms with van der Waals surface area (Å²) in [5.41, 5.74) is 0.484. The van der Waals surface area contributed by atoms with Crippen LogP contribution in [0, 0.1) is 0 Å². The number of hydrogen-bond acceptors (Lipinski definition) is 1. The lowest BCUT2D eigenvalue weighted by molar-refractivity contribution is -0.139. The minimum Gasteiger partial charge on any atom is -0.481 e. The van der Waals surface area contributed by atoms with Crippen LogP contribution in [0.2, 0.25) is 0 Å². The van der Waals surface area contributed by atoms with E-state index >= 15 is 0 Å². The highest BCUT2D eigenvalue weighted by atomic mass is 19.4. The van der Waals surface area contributed by atoms with Crippen molar-refractivity contribution in [2.75, 3.05) is 0 Å². The van der Waals surface area contributed by atoms with Crippen LogP contribution in [0.25, 0.3) is 22.3 Å². The van der Waals surface area contributed by atoms with Gasteiger partial charge in [-0.3, -0.25) is 4.79 Å². The van der Waals surface area contributed by atoms with E-state index in [9.17, 15) is 36.2 Å². The number of carboxylic acids is 1. The van der Waals surface area contributed by atoms with E-state index in [4.69, 9.17) is 0 Å². The molecule has 1 atom stereocenters. The Labute approximate surface area is 180 Å². The molecule has 8 heteroatoms. The van der Waals surface area contributed by atoms with Crippen LogP contribution in [0.4, 0.5) is 26.3 Å². The third-order valence-electron chi connectivity index (χ3n) is 5.20. The maximum Gasteiger partial charge on any atom is 0.416 e. The summed E-state index contributed by atoms with van der Waals surface area (Å²) in [6, 6.07) is 13.5. The minimum atomic E-state index is -4.52. The lowest BCUT2D eigenvalue weighted by atomic mass is 9.88. The Bertz CT molecular complexity index is 1100. The first kappa shape index (κ1) is 23.4. The molecule has 0 aliphatic carbocycles. The molecule has 0 amide bonds. The van der Waals surface area contributed by atoms with Crippen molar-refractivity contribution in [1.82, 2.24) is 0 Å². The Balaban J connectivity index is 2.16. The molecule has 0 fully saturated rings. The van der Waals surface area contributed by atoms with Crippen LogP contribution in [0.1, 0.15) is 36.0 Å². The number of rotatable bonds is 5. The van der Waals surface area contributed by atoms with Gasteiger partial charge in [0.25, 0.3) is 0 Å². The molecule has 0 heterocycles. The minimum absolute atomic E-state index is 0.293. The number of benzene rings is 3. The molecule has 0 aromatic heterocycles. The van der Waals surface area contributed by atoms with Gasteiger partial charge in [0.2, 0.25) is 0 Å². The number of carboxylic acid groups (broad SMARTS) is 1. The molecule has 0 aliphatic rings. The molecule has 0 bridgehead atoms. The van der Waals surface area contributed by atoms with Crippen LogP contribution in [-0.4, -0.2) is 11.1 Å². The highest BCUT2D eigenvalue weighted by Crippen LogP contribution is 2.38. The third kappa shape index (κ3) is 4.95. The van der Waals surface area contributed by atoms with Crippen molar-refractivity contribution in [3.8, 4) is 22.3 Å². The number of carbonyl (C=O) groups is 1. The fourth-order valence-electron chi connectivity index (χ4n) is 3.50. The molecule has 0 aliphatic heterocycles. The Morgan fingerprint density at radius 1 is 0.750 bits per heavy atom. The van der Waals surface area contributed by atoms with Gasteiger partial charge in [0.05, 0.1) is 17.0 Å². The molecule has 168 valence electrons. The number of hydrogen-bond donors (Lipinski definition) is 1. The van der Waals surface area contributed by atoms with Crippen LogP contribution in [0.5, 0.6) is 0 Å². The van der Waals surface area contributed by atoms with E-state index in [0.29, 0.717) is 34.2 Å². The van der Waals surface area contributed by atoms with Gasteiger partial charge in [-0.25, -0.2) is 0 Å². The van der Waals surface area contributed by atoms with E-state index in [1.165, 1.54) is 24.3 Å². The van der Waals surface area contributed by atoms with Crippen molar-refractivity contribution >= 4 is 5.97 Å². The van der Waals surface area contributed by atoms with Gasteiger partial charge in [0, 0.05) is 0 Å². The zero-order valence-corrected chi connectivity index (χ0v) is 16.8. The van der Waals surface area contributed by atoms with Gasteiger partial charge in [-0.05, 0) is 64.6 Å². The maximum absolute atomic E-state index is 12.9. The summed E-state index contributed by atoms with van der Waals surface area (Å²) in [5.74, 6) is -1.88. The van der Waals surface area contributed by atoms with Crippen LogP contribution in [0.3, 0.4) is 0 Å². The van der Waals surface area contributed by atoms with Crippen molar-refractivity contribution < 1.29 is 36.2 Å². The maximum atomic E-state index is 12.9. The van der Waals surface area contributed by atoms with Gasteiger partial charge >= 0.3 is 18.3 Å². The predicted octanol–water partition coefficient (Wildman–Crippen LogP) is 7.64. The van der Waals surface area contributed by atoms with Crippen LogP contribution < -0.4 is 0 Å². The highest BCUT2D eigenvalue weighted by Gasteiger charge is 2.31. The van der Waals surface area contributed by atoms with Gasteiger partial charge in [-0.2, -0.15) is 26.3 Å². The molecule has 0 saturated carbocycles. The molecule has 0 radical (unpaired) electrons. The van der Waals surface area contributed by atoms with Crippen molar-refractivity contribution in [1.29, 1.82) is 0 Å². The molecule has 1 N–H and O–H groups in total. The summed E-state index contributed by atoms with van der Waals surface area (Å²) >= 11 is 0. The summed E-state index contributed by atoms with van der Waals surface area (Å²) in [7, 11) is 0. The summed E-state index contributed by atoms with van der Waals surface area (Å²) in [6.45, 7) is 1.69. The molecule has 3 rings (SSSR count). The van der Waals surface area contributed by atoms with Gasteiger partial charge in [-0.15, -0.1) is 0 Å². The van der Waals surface area contributed by atoms with Crippen molar-refractivity contribution in [2.24, 2.45) is 0 Å². The molecule has 1 unspecified atom stereocenters. The van der Waals surface area contributed by atoms with E-state index < -0.39 is 35.4 Å². The first-order valence-electron chi connectivity index (χ1n) is 9.64. The van der Waals surface area contributed by atoms with Gasteiger partial charge in [0.1, 0.15) is 0 Å². The Morgan fingerprint density at radius 3 is 1.56 bits per heavy atom. The summed E-state index contributed by atoms with van der Waals surface area (Å²) in [4.78, 5) is 11.6. The molecule has 2 nitrogen and oxygen atoms in total. The molecule has 3 aromatic carbocycles. The number of alkyl halides is 6. The largest absolute Gasteiger partial charge is 0.481 e.